The Bertz CT molecular complexity index is 995. The smallest absolute Gasteiger partial charge is 0.251 e. The molecule has 1 aliphatic heterocycles. The fraction of sp³-hybridized carbons (Fsp3) is 0.217. The molecule has 136 valence electrons. The van der Waals surface area contributed by atoms with Gasteiger partial charge < -0.3 is 10.2 Å². The summed E-state index contributed by atoms with van der Waals surface area (Å²) < 4.78 is 0. The second-order valence-electron chi connectivity index (χ2n) is 7.00. The number of benzene rings is 3. The second-order valence-corrected chi connectivity index (χ2v) is 7.00. The lowest BCUT2D eigenvalue weighted by Crippen LogP contribution is -2.27. The van der Waals surface area contributed by atoms with Crippen LogP contribution in [0.2, 0.25) is 0 Å². The average molecular weight is 358 g/mol. The first-order valence-corrected chi connectivity index (χ1v) is 9.32. The SMILES string of the molecule is CC(NC(=O)c1ccc(N2CCCC2=O)cc1)c1ccc2ccccc2c1. The quantitative estimate of drug-likeness (QED) is 0.749. The maximum absolute atomic E-state index is 12.6. The van der Waals surface area contributed by atoms with E-state index in [1.54, 1.807) is 17.0 Å². The van der Waals surface area contributed by atoms with Crippen LogP contribution in [-0.4, -0.2) is 18.4 Å². The van der Waals surface area contributed by atoms with Gasteiger partial charge in [-0.25, -0.2) is 0 Å². The summed E-state index contributed by atoms with van der Waals surface area (Å²) in [4.78, 5) is 26.2. The van der Waals surface area contributed by atoms with E-state index in [9.17, 15) is 9.59 Å². The van der Waals surface area contributed by atoms with Gasteiger partial charge in [-0.2, -0.15) is 0 Å². The average Bonchev–Trinajstić information content (AvgIpc) is 3.13. The lowest BCUT2D eigenvalue weighted by molar-refractivity contribution is -0.117. The van der Waals surface area contributed by atoms with Crippen LogP contribution in [-0.2, 0) is 4.79 Å². The van der Waals surface area contributed by atoms with Crippen LogP contribution in [0, 0.1) is 0 Å². The summed E-state index contributed by atoms with van der Waals surface area (Å²) in [5, 5.41) is 5.41. The van der Waals surface area contributed by atoms with Crippen molar-refractivity contribution in [2.24, 2.45) is 0 Å². The Balaban J connectivity index is 1.46. The van der Waals surface area contributed by atoms with Crippen LogP contribution < -0.4 is 10.2 Å². The van der Waals surface area contributed by atoms with E-state index < -0.39 is 0 Å². The molecule has 3 aromatic carbocycles. The van der Waals surface area contributed by atoms with Gasteiger partial charge in [0.15, 0.2) is 0 Å². The topological polar surface area (TPSA) is 49.4 Å². The minimum Gasteiger partial charge on any atom is -0.346 e. The van der Waals surface area contributed by atoms with Gasteiger partial charge >= 0.3 is 0 Å². The molecule has 2 amide bonds. The van der Waals surface area contributed by atoms with E-state index >= 15 is 0 Å². The summed E-state index contributed by atoms with van der Waals surface area (Å²) in [6.07, 6.45) is 1.50. The standard InChI is InChI=1S/C23H22N2O2/c1-16(19-9-8-17-5-2-3-6-20(17)15-19)24-23(27)18-10-12-21(13-11-18)25-14-4-7-22(25)26/h2-3,5-6,8-13,15-16H,4,7,14H2,1H3,(H,24,27). The Morgan fingerprint density at radius 3 is 2.44 bits per heavy atom. The van der Waals surface area contributed by atoms with Crippen molar-refractivity contribution in [1.29, 1.82) is 0 Å². The molecule has 1 unspecified atom stereocenters. The molecule has 1 heterocycles. The van der Waals surface area contributed by atoms with Crippen LogP contribution in [0.3, 0.4) is 0 Å². The molecule has 4 heteroatoms. The summed E-state index contributed by atoms with van der Waals surface area (Å²) in [5.41, 5.74) is 2.52. The molecule has 1 aliphatic rings. The highest BCUT2D eigenvalue weighted by atomic mass is 16.2. The third-order valence-electron chi connectivity index (χ3n) is 5.14. The fourth-order valence-corrected chi connectivity index (χ4v) is 3.55. The minimum atomic E-state index is -0.116. The van der Waals surface area contributed by atoms with Gasteiger partial charge in [-0.05, 0) is 60.0 Å². The molecule has 27 heavy (non-hydrogen) atoms. The minimum absolute atomic E-state index is 0.0954. The first-order valence-electron chi connectivity index (χ1n) is 9.32. The largest absolute Gasteiger partial charge is 0.346 e. The highest BCUT2D eigenvalue weighted by Gasteiger charge is 2.21. The molecule has 3 aromatic rings. The van der Waals surface area contributed by atoms with E-state index in [4.69, 9.17) is 0 Å². The van der Waals surface area contributed by atoms with Gasteiger partial charge in [-0.3, -0.25) is 9.59 Å². The van der Waals surface area contributed by atoms with Crippen molar-refractivity contribution in [2.75, 3.05) is 11.4 Å². The van der Waals surface area contributed by atoms with Gasteiger partial charge in [0, 0.05) is 24.2 Å². The Kier molecular flexibility index (Phi) is 4.63. The molecular formula is C23H22N2O2. The molecule has 0 spiro atoms. The van der Waals surface area contributed by atoms with Crippen molar-refractivity contribution in [3.63, 3.8) is 0 Å². The Labute approximate surface area is 158 Å². The lowest BCUT2D eigenvalue weighted by atomic mass is 10.0. The number of anilines is 1. The summed E-state index contributed by atoms with van der Waals surface area (Å²) in [7, 11) is 0. The molecule has 1 atom stereocenters. The number of rotatable bonds is 4. The van der Waals surface area contributed by atoms with Crippen molar-refractivity contribution < 1.29 is 9.59 Å². The van der Waals surface area contributed by atoms with Crippen LogP contribution in [0.15, 0.2) is 66.7 Å². The summed E-state index contributed by atoms with van der Waals surface area (Å²) in [6, 6.07) is 21.6. The zero-order valence-corrected chi connectivity index (χ0v) is 15.3. The van der Waals surface area contributed by atoms with Crippen LogP contribution in [0.1, 0.15) is 41.7 Å². The summed E-state index contributed by atoms with van der Waals surface area (Å²) >= 11 is 0. The number of carbonyl (C=O) groups is 2. The molecule has 0 aliphatic carbocycles. The molecule has 0 bridgehead atoms. The lowest BCUT2D eigenvalue weighted by Gasteiger charge is -2.17. The molecule has 4 nitrogen and oxygen atoms in total. The summed E-state index contributed by atoms with van der Waals surface area (Å²) in [6.45, 7) is 2.74. The predicted octanol–water partition coefficient (Wildman–Crippen LogP) is 4.46. The molecule has 0 aromatic heterocycles. The van der Waals surface area contributed by atoms with E-state index in [2.05, 4.69) is 35.6 Å². The maximum atomic E-state index is 12.6. The second kappa shape index (κ2) is 7.23. The van der Waals surface area contributed by atoms with Gasteiger partial charge in [0.05, 0.1) is 6.04 Å². The molecular weight excluding hydrogens is 336 g/mol. The third-order valence-corrected chi connectivity index (χ3v) is 5.14. The van der Waals surface area contributed by atoms with Crippen molar-refractivity contribution >= 4 is 28.3 Å². The molecule has 0 saturated carbocycles. The number of nitrogens with one attached hydrogen (secondary N) is 1. The third kappa shape index (κ3) is 3.56. The van der Waals surface area contributed by atoms with E-state index in [0.29, 0.717) is 12.0 Å². The first-order chi connectivity index (χ1) is 13.1. The van der Waals surface area contributed by atoms with Crippen molar-refractivity contribution in [3.05, 3.63) is 77.9 Å². The first kappa shape index (κ1) is 17.3. The molecule has 1 fully saturated rings. The number of nitrogens with zero attached hydrogens (tertiary/aromatic N) is 1. The Morgan fingerprint density at radius 1 is 1.00 bits per heavy atom. The van der Waals surface area contributed by atoms with Gasteiger partial charge in [-0.1, -0.05) is 36.4 Å². The highest BCUT2D eigenvalue weighted by molar-refractivity contribution is 5.97. The Morgan fingerprint density at radius 2 is 1.74 bits per heavy atom. The van der Waals surface area contributed by atoms with Gasteiger partial charge in [0.25, 0.3) is 5.91 Å². The molecule has 1 saturated heterocycles. The zero-order chi connectivity index (χ0) is 18.8. The van der Waals surface area contributed by atoms with E-state index in [1.807, 2.05) is 31.2 Å². The number of hydrogen-bond donors (Lipinski definition) is 1. The van der Waals surface area contributed by atoms with Crippen LogP contribution in [0.4, 0.5) is 5.69 Å². The predicted molar refractivity (Wildman–Crippen MR) is 108 cm³/mol. The van der Waals surface area contributed by atoms with Crippen molar-refractivity contribution in [1.82, 2.24) is 5.32 Å². The number of amides is 2. The molecule has 1 N–H and O–H groups in total. The number of hydrogen-bond acceptors (Lipinski definition) is 2. The fourth-order valence-electron chi connectivity index (χ4n) is 3.55. The van der Waals surface area contributed by atoms with E-state index in [-0.39, 0.29) is 17.9 Å². The van der Waals surface area contributed by atoms with Crippen LogP contribution in [0.5, 0.6) is 0 Å². The van der Waals surface area contributed by atoms with Gasteiger partial charge in [0.1, 0.15) is 0 Å². The molecule has 0 radical (unpaired) electrons. The van der Waals surface area contributed by atoms with Crippen LogP contribution >= 0.6 is 0 Å². The van der Waals surface area contributed by atoms with Crippen LogP contribution in [0.25, 0.3) is 10.8 Å². The number of fused-ring (bicyclic) bond motifs is 1. The number of carbonyl (C=O) groups excluding carboxylic acids is 2. The Hall–Kier alpha value is -3.14. The highest BCUT2D eigenvalue weighted by Crippen LogP contribution is 2.23. The van der Waals surface area contributed by atoms with Gasteiger partial charge in [0.2, 0.25) is 5.91 Å². The van der Waals surface area contributed by atoms with Crippen molar-refractivity contribution in [2.45, 2.75) is 25.8 Å². The summed E-state index contributed by atoms with van der Waals surface area (Å²) in [5.74, 6) is 0.0343. The van der Waals surface area contributed by atoms with E-state index in [0.717, 1.165) is 29.6 Å². The molecule has 4 rings (SSSR count). The maximum Gasteiger partial charge on any atom is 0.251 e. The van der Waals surface area contributed by atoms with Crippen molar-refractivity contribution in [3.8, 4) is 0 Å². The van der Waals surface area contributed by atoms with Gasteiger partial charge in [-0.15, -0.1) is 0 Å². The zero-order valence-electron chi connectivity index (χ0n) is 15.3. The normalized spacial score (nSPS) is 15.1. The van der Waals surface area contributed by atoms with E-state index in [1.165, 1.54) is 5.39 Å². The monoisotopic (exact) mass is 358 g/mol.